The fraction of sp³-hybridized carbons (Fsp3) is 0.0233. The highest BCUT2D eigenvalue weighted by Gasteiger charge is 2.52. The van der Waals surface area contributed by atoms with Crippen LogP contribution in [-0.4, -0.2) is 21.7 Å². The summed E-state index contributed by atoms with van der Waals surface area (Å²) in [5, 5.41) is 23.5. The van der Waals surface area contributed by atoms with Crippen LogP contribution in [0.25, 0.3) is 60.9 Å². The Bertz CT molecular complexity index is 2520. The standard InChI is InChI=1S/C43H28BNO2/c46-44(47)38-20-10-11-21-40(38)45-39-25-22-28(27-12-2-1-3-13-27)26-33(39)31-23-24-37-41(42(31)45)32-16-6-9-19-36(32)43(37)34-17-7-4-14-29(34)30-15-5-8-18-35(30)43/h1-26,46-47H. The Hall–Kier alpha value is -5.68. The number of aromatic nitrogens is 1. The minimum absolute atomic E-state index is 0.466. The summed E-state index contributed by atoms with van der Waals surface area (Å²) in [4.78, 5) is 0. The number of para-hydroxylation sites is 1. The molecule has 0 saturated heterocycles. The molecule has 2 N–H and O–H groups in total. The quantitative estimate of drug-likeness (QED) is 0.200. The van der Waals surface area contributed by atoms with Gasteiger partial charge in [0.15, 0.2) is 0 Å². The number of hydrogen-bond acceptors (Lipinski definition) is 2. The van der Waals surface area contributed by atoms with Crippen LogP contribution in [0, 0.1) is 0 Å². The topological polar surface area (TPSA) is 45.4 Å². The summed E-state index contributed by atoms with van der Waals surface area (Å²) in [6, 6.07) is 55.9. The third-order valence-corrected chi connectivity index (χ3v) is 10.4. The van der Waals surface area contributed by atoms with Crippen molar-refractivity contribution in [3.63, 3.8) is 0 Å². The number of hydrogen-bond donors (Lipinski definition) is 2. The van der Waals surface area contributed by atoms with Crippen molar-refractivity contribution in [2.75, 3.05) is 0 Å². The largest absolute Gasteiger partial charge is 0.490 e. The van der Waals surface area contributed by atoms with Gasteiger partial charge in [-0.3, -0.25) is 0 Å². The highest BCUT2D eigenvalue weighted by Crippen LogP contribution is 2.64. The lowest BCUT2D eigenvalue weighted by Crippen LogP contribution is -2.33. The smallest absolute Gasteiger partial charge is 0.423 e. The minimum atomic E-state index is -1.62. The molecule has 3 nitrogen and oxygen atoms in total. The maximum Gasteiger partial charge on any atom is 0.490 e. The van der Waals surface area contributed by atoms with Gasteiger partial charge in [-0.2, -0.15) is 0 Å². The van der Waals surface area contributed by atoms with Gasteiger partial charge in [-0.25, -0.2) is 0 Å². The molecule has 0 unspecified atom stereocenters. The van der Waals surface area contributed by atoms with Crippen molar-refractivity contribution in [1.82, 2.24) is 4.57 Å². The van der Waals surface area contributed by atoms with Gasteiger partial charge in [0.1, 0.15) is 0 Å². The molecule has 0 radical (unpaired) electrons. The van der Waals surface area contributed by atoms with Crippen LogP contribution in [0.15, 0.2) is 158 Å². The van der Waals surface area contributed by atoms with Gasteiger partial charge in [0.2, 0.25) is 0 Å². The Morgan fingerprint density at radius 1 is 0.468 bits per heavy atom. The second kappa shape index (κ2) is 9.67. The number of nitrogens with zero attached hydrogens (tertiary/aromatic N) is 1. The zero-order valence-corrected chi connectivity index (χ0v) is 25.4. The number of benzene rings is 7. The highest BCUT2D eigenvalue weighted by molar-refractivity contribution is 6.60. The summed E-state index contributed by atoms with van der Waals surface area (Å²) < 4.78 is 2.26. The van der Waals surface area contributed by atoms with Gasteiger partial charge in [0.05, 0.1) is 16.4 Å². The van der Waals surface area contributed by atoms with Crippen LogP contribution in [0.5, 0.6) is 0 Å². The summed E-state index contributed by atoms with van der Waals surface area (Å²) in [6.45, 7) is 0. The normalized spacial score (nSPS) is 13.5. The van der Waals surface area contributed by atoms with Crippen molar-refractivity contribution in [3.8, 4) is 39.1 Å². The molecule has 2 aliphatic rings. The van der Waals surface area contributed by atoms with E-state index in [-0.39, 0.29) is 0 Å². The van der Waals surface area contributed by atoms with Crippen LogP contribution in [-0.2, 0) is 5.41 Å². The Labute approximate surface area is 272 Å². The molecule has 4 heteroatoms. The first-order valence-corrected chi connectivity index (χ1v) is 16.1. The van der Waals surface area contributed by atoms with Crippen LogP contribution in [0.2, 0.25) is 0 Å². The Morgan fingerprint density at radius 2 is 1.06 bits per heavy atom. The molecule has 2 aliphatic carbocycles. The maximum absolute atomic E-state index is 10.6. The lowest BCUT2D eigenvalue weighted by atomic mass is 9.70. The molecular weight excluding hydrogens is 573 g/mol. The van der Waals surface area contributed by atoms with Crippen LogP contribution < -0.4 is 5.46 Å². The fourth-order valence-electron chi connectivity index (χ4n) is 8.65. The van der Waals surface area contributed by atoms with E-state index in [4.69, 9.17) is 0 Å². The minimum Gasteiger partial charge on any atom is -0.423 e. The lowest BCUT2D eigenvalue weighted by Gasteiger charge is -2.30. The van der Waals surface area contributed by atoms with E-state index in [1.54, 1.807) is 6.07 Å². The second-order valence-corrected chi connectivity index (χ2v) is 12.6. The van der Waals surface area contributed by atoms with E-state index in [1.807, 2.05) is 24.3 Å². The lowest BCUT2D eigenvalue weighted by molar-refractivity contribution is 0.425. The van der Waals surface area contributed by atoms with Crippen molar-refractivity contribution in [2.45, 2.75) is 5.41 Å². The van der Waals surface area contributed by atoms with Gasteiger partial charge in [-0.1, -0.05) is 140 Å². The van der Waals surface area contributed by atoms with Gasteiger partial charge in [-0.05, 0) is 68.3 Å². The van der Waals surface area contributed by atoms with Gasteiger partial charge >= 0.3 is 7.12 Å². The maximum atomic E-state index is 10.6. The Morgan fingerprint density at radius 3 is 1.77 bits per heavy atom. The Kier molecular flexibility index (Phi) is 5.46. The SMILES string of the molecule is OB(O)c1ccccc1-n1c2ccc(-c3ccccc3)cc2c2ccc3c(c21)-c1ccccc1C31c2ccccc2-c2ccccc21. The molecule has 0 aliphatic heterocycles. The van der Waals surface area contributed by atoms with Gasteiger partial charge in [0, 0.05) is 27.5 Å². The third kappa shape index (κ3) is 3.38. The molecule has 0 amide bonds. The average Bonchev–Trinajstić information content (AvgIpc) is 3.73. The van der Waals surface area contributed by atoms with Gasteiger partial charge in [0.25, 0.3) is 0 Å². The van der Waals surface area contributed by atoms with E-state index in [9.17, 15) is 10.0 Å². The fourth-order valence-corrected chi connectivity index (χ4v) is 8.65. The summed E-state index contributed by atoms with van der Waals surface area (Å²) in [5.74, 6) is 0. The van der Waals surface area contributed by atoms with Crippen LogP contribution in [0.3, 0.4) is 0 Å². The predicted molar refractivity (Wildman–Crippen MR) is 192 cm³/mol. The van der Waals surface area contributed by atoms with Crippen molar-refractivity contribution < 1.29 is 10.0 Å². The molecular formula is C43H28BNO2. The summed E-state index contributed by atoms with van der Waals surface area (Å²) in [5.41, 5.74) is 15.2. The molecule has 7 aromatic carbocycles. The predicted octanol–water partition coefficient (Wildman–Crippen LogP) is 8.47. The van der Waals surface area contributed by atoms with Gasteiger partial charge < -0.3 is 14.6 Å². The summed E-state index contributed by atoms with van der Waals surface area (Å²) in [6.07, 6.45) is 0. The van der Waals surface area contributed by atoms with E-state index in [2.05, 4.69) is 132 Å². The Balaban J connectivity index is 1.41. The molecule has 0 atom stereocenters. The summed E-state index contributed by atoms with van der Waals surface area (Å²) >= 11 is 0. The molecule has 0 fully saturated rings. The molecule has 220 valence electrons. The monoisotopic (exact) mass is 601 g/mol. The first-order valence-electron chi connectivity index (χ1n) is 16.1. The second-order valence-electron chi connectivity index (χ2n) is 12.6. The van der Waals surface area contributed by atoms with E-state index in [0.29, 0.717) is 5.46 Å². The van der Waals surface area contributed by atoms with E-state index < -0.39 is 12.5 Å². The van der Waals surface area contributed by atoms with Crippen molar-refractivity contribution in [1.29, 1.82) is 0 Å². The van der Waals surface area contributed by atoms with E-state index >= 15 is 0 Å². The average molecular weight is 602 g/mol. The van der Waals surface area contributed by atoms with Crippen molar-refractivity contribution in [2.24, 2.45) is 0 Å². The van der Waals surface area contributed by atoms with Crippen LogP contribution >= 0.6 is 0 Å². The van der Waals surface area contributed by atoms with Crippen molar-refractivity contribution >= 4 is 34.4 Å². The van der Waals surface area contributed by atoms with Crippen molar-refractivity contribution in [3.05, 3.63) is 180 Å². The highest BCUT2D eigenvalue weighted by atomic mass is 16.4. The molecule has 10 rings (SSSR count). The summed E-state index contributed by atoms with van der Waals surface area (Å²) in [7, 11) is -1.62. The molecule has 1 spiro atoms. The zero-order valence-electron chi connectivity index (χ0n) is 25.4. The first kappa shape index (κ1) is 26.5. The van der Waals surface area contributed by atoms with E-state index in [0.717, 1.165) is 38.6 Å². The van der Waals surface area contributed by atoms with Crippen LogP contribution in [0.1, 0.15) is 22.3 Å². The third-order valence-electron chi connectivity index (χ3n) is 10.4. The molecule has 47 heavy (non-hydrogen) atoms. The number of rotatable bonds is 3. The zero-order chi connectivity index (χ0) is 31.3. The molecule has 1 heterocycles. The van der Waals surface area contributed by atoms with E-state index in [1.165, 1.54) is 44.5 Å². The van der Waals surface area contributed by atoms with Crippen LogP contribution in [0.4, 0.5) is 0 Å². The molecule has 1 aromatic heterocycles. The first-order chi connectivity index (χ1) is 23.2. The molecule has 0 bridgehead atoms. The molecule has 8 aromatic rings. The number of fused-ring (bicyclic) bond motifs is 14. The molecule has 0 saturated carbocycles. The van der Waals surface area contributed by atoms with Gasteiger partial charge in [-0.15, -0.1) is 0 Å².